The minimum absolute atomic E-state index is 0.846. The number of fused-ring (bicyclic) bond motifs is 24. The van der Waals surface area contributed by atoms with Gasteiger partial charge in [-0.05, 0) is 241 Å². The molecule has 8 nitrogen and oxygen atoms in total. The molecule has 8 aromatic heterocycles. The lowest BCUT2D eigenvalue weighted by Crippen LogP contribution is -1.82. The fourth-order valence-electron chi connectivity index (χ4n) is 17.9. The summed E-state index contributed by atoms with van der Waals surface area (Å²) in [5.41, 5.74) is 32.1. The predicted molar refractivity (Wildman–Crippen MR) is 475 cm³/mol. The van der Waals surface area contributed by atoms with Crippen LogP contribution in [0, 0.1) is 0 Å². The van der Waals surface area contributed by atoms with E-state index >= 15 is 0 Å². The molecule has 0 aliphatic heterocycles. The fourth-order valence-corrected chi connectivity index (χ4v) is 17.9. The van der Waals surface area contributed by atoms with Gasteiger partial charge in [0, 0.05) is 86.2 Å². The summed E-state index contributed by atoms with van der Waals surface area (Å²) in [6, 6.07) is 128. The minimum Gasteiger partial charge on any atom is -0.456 e. The molecule has 26 aromatic rings. The normalized spacial score (nSPS) is 12.1. The molecule has 0 saturated carbocycles. The maximum atomic E-state index is 6.46. The van der Waals surface area contributed by atoms with Crippen LogP contribution in [0.2, 0.25) is 0 Å². The topological polar surface area (TPSA) is 105 Å². The van der Waals surface area contributed by atoms with Crippen LogP contribution in [-0.4, -0.2) is 0 Å². The SMILES string of the molecule is c1ccc(-c2ccc3oc4cc5c(cc4c3c2)oc2ccc(-c3ccc(-c4ccc6oc7cc8c(cc7c6c4)oc4ccc(-c6ccccc6)cc48)cc3)cc25)cc1.c1ccc(-c2ccc3oc4cc5c(cc4c3c2)oc2ccc(-c3cccc(-c4ccc6oc7cc8c(cc7c6c4)oc4ccc(-c6ccccc6)cc48)c3)cc25)cc1. The molecule has 0 N–H and O–H groups in total. The van der Waals surface area contributed by atoms with Gasteiger partial charge in [0.05, 0.1) is 0 Å². The van der Waals surface area contributed by atoms with E-state index < -0.39 is 0 Å². The molecule has 0 radical (unpaired) electrons. The molecular formula is C108H60O8. The van der Waals surface area contributed by atoms with E-state index in [1.165, 1.54) is 22.3 Å². The van der Waals surface area contributed by atoms with Gasteiger partial charge >= 0.3 is 0 Å². The van der Waals surface area contributed by atoms with E-state index in [9.17, 15) is 0 Å². The minimum atomic E-state index is 0.846. The maximum Gasteiger partial charge on any atom is 0.136 e. The zero-order chi connectivity index (χ0) is 75.8. The van der Waals surface area contributed by atoms with Crippen molar-refractivity contribution in [1.29, 1.82) is 0 Å². The third kappa shape index (κ3) is 10.3. The molecule has 0 fully saturated rings. The monoisotopic (exact) mass is 1480 g/mol. The number of hydrogen-bond donors (Lipinski definition) is 0. The van der Waals surface area contributed by atoms with Crippen molar-refractivity contribution < 1.29 is 35.3 Å². The van der Waals surface area contributed by atoms with Crippen molar-refractivity contribution in [2.45, 2.75) is 0 Å². The lowest BCUT2D eigenvalue weighted by atomic mass is 9.97. The molecule has 8 heterocycles. The second-order valence-corrected chi connectivity index (χ2v) is 30.5. The Hall–Kier alpha value is -15.6. The molecule has 0 aliphatic rings. The molecule has 540 valence electrons. The van der Waals surface area contributed by atoms with E-state index in [-0.39, 0.29) is 0 Å². The predicted octanol–water partition coefficient (Wildman–Crippen LogP) is 31.9. The smallest absolute Gasteiger partial charge is 0.136 e. The van der Waals surface area contributed by atoms with Gasteiger partial charge in [-0.15, -0.1) is 0 Å². The van der Waals surface area contributed by atoms with E-state index in [0.717, 1.165) is 242 Å². The zero-order valence-electron chi connectivity index (χ0n) is 61.9. The summed E-state index contributed by atoms with van der Waals surface area (Å²) in [5.74, 6) is 0. The Bertz CT molecular complexity index is 8060. The third-order valence-corrected chi connectivity index (χ3v) is 23.8. The molecular weight excluding hydrogens is 1430 g/mol. The highest BCUT2D eigenvalue weighted by molar-refractivity contribution is 6.21. The van der Waals surface area contributed by atoms with Crippen molar-refractivity contribution in [2.75, 3.05) is 0 Å². The first kappa shape index (κ1) is 64.1. The fraction of sp³-hybridized carbons (Fsp3) is 0. The molecule has 0 unspecified atom stereocenters. The highest BCUT2D eigenvalue weighted by atomic mass is 16.4. The van der Waals surface area contributed by atoms with Crippen LogP contribution >= 0.6 is 0 Å². The lowest BCUT2D eigenvalue weighted by Gasteiger charge is -2.07. The van der Waals surface area contributed by atoms with Gasteiger partial charge in [-0.2, -0.15) is 0 Å². The summed E-state index contributed by atoms with van der Waals surface area (Å²) in [4.78, 5) is 0. The van der Waals surface area contributed by atoms with E-state index in [1.807, 2.05) is 24.3 Å². The Kier molecular flexibility index (Phi) is 13.8. The van der Waals surface area contributed by atoms with Gasteiger partial charge < -0.3 is 35.3 Å². The Balaban J connectivity index is 0.000000130. The Morgan fingerprint density at radius 2 is 0.216 bits per heavy atom. The number of hydrogen-bond acceptors (Lipinski definition) is 8. The van der Waals surface area contributed by atoms with Crippen LogP contribution in [0.15, 0.2) is 399 Å². The Morgan fingerprint density at radius 1 is 0.0862 bits per heavy atom. The van der Waals surface area contributed by atoms with Gasteiger partial charge in [0.15, 0.2) is 0 Å². The van der Waals surface area contributed by atoms with Crippen molar-refractivity contribution in [1.82, 2.24) is 0 Å². The molecule has 116 heavy (non-hydrogen) atoms. The van der Waals surface area contributed by atoms with Crippen molar-refractivity contribution in [3.05, 3.63) is 364 Å². The number of rotatable bonds is 8. The van der Waals surface area contributed by atoms with Crippen LogP contribution in [0.5, 0.6) is 0 Å². The number of benzene rings is 18. The van der Waals surface area contributed by atoms with E-state index in [4.69, 9.17) is 35.3 Å². The summed E-state index contributed by atoms with van der Waals surface area (Å²) >= 11 is 0. The molecule has 26 rings (SSSR count). The number of furan rings is 8. The average molecular weight is 1490 g/mol. The molecule has 0 atom stereocenters. The van der Waals surface area contributed by atoms with Crippen LogP contribution in [0.25, 0.3) is 265 Å². The summed E-state index contributed by atoms with van der Waals surface area (Å²) in [6.45, 7) is 0. The maximum absolute atomic E-state index is 6.46. The van der Waals surface area contributed by atoms with E-state index in [1.54, 1.807) is 0 Å². The van der Waals surface area contributed by atoms with Crippen molar-refractivity contribution in [3.63, 3.8) is 0 Å². The first-order chi connectivity index (χ1) is 57.3. The highest BCUT2D eigenvalue weighted by Gasteiger charge is 2.22. The van der Waals surface area contributed by atoms with Crippen LogP contribution in [-0.2, 0) is 0 Å². The first-order valence-electron chi connectivity index (χ1n) is 39.1. The van der Waals surface area contributed by atoms with Crippen molar-refractivity contribution in [2.24, 2.45) is 0 Å². The Labute approximate surface area is 659 Å². The molecule has 0 saturated heterocycles. The van der Waals surface area contributed by atoms with Gasteiger partial charge in [0.2, 0.25) is 0 Å². The van der Waals surface area contributed by atoms with Gasteiger partial charge in [0.1, 0.15) is 89.3 Å². The summed E-state index contributed by atoms with van der Waals surface area (Å²) in [6.07, 6.45) is 0. The lowest BCUT2D eigenvalue weighted by molar-refractivity contribution is 0.664. The van der Waals surface area contributed by atoms with Gasteiger partial charge in [0.25, 0.3) is 0 Å². The molecule has 18 aromatic carbocycles. The van der Waals surface area contributed by atoms with Gasteiger partial charge in [-0.3, -0.25) is 0 Å². The van der Waals surface area contributed by atoms with Crippen molar-refractivity contribution >= 4 is 176 Å². The molecule has 8 heteroatoms. The summed E-state index contributed by atoms with van der Waals surface area (Å²) in [5, 5.41) is 16.9. The molecule has 0 bridgehead atoms. The summed E-state index contributed by atoms with van der Waals surface area (Å²) in [7, 11) is 0. The van der Waals surface area contributed by atoms with E-state index in [2.05, 4.69) is 340 Å². The molecule has 0 spiro atoms. The third-order valence-electron chi connectivity index (χ3n) is 23.8. The van der Waals surface area contributed by atoms with Crippen LogP contribution in [0.4, 0.5) is 0 Å². The molecule has 0 aliphatic carbocycles. The van der Waals surface area contributed by atoms with Gasteiger partial charge in [-0.1, -0.05) is 212 Å². The Morgan fingerprint density at radius 3 is 0.397 bits per heavy atom. The van der Waals surface area contributed by atoms with Crippen molar-refractivity contribution in [3.8, 4) is 89.0 Å². The average Bonchev–Trinajstić information content (AvgIpc) is 1.60. The highest BCUT2D eigenvalue weighted by Crippen LogP contribution is 2.46. The quantitative estimate of drug-likeness (QED) is 0.148. The van der Waals surface area contributed by atoms with Gasteiger partial charge in [-0.25, -0.2) is 0 Å². The summed E-state index contributed by atoms with van der Waals surface area (Å²) < 4.78 is 51.3. The molecule has 0 amide bonds. The largest absolute Gasteiger partial charge is 0.456 e. The van der Waals surface area contributed by atoms with Crippen LogP contribution < -0.4 is 0 Å². The standard InChI is InChI=1S/2C54H30O4/c1-3-8-31(9-4-1)35-14-18-47-39(23-35)43-27-53-45(29-51(43)55-47)41-25-37(16-20-49(41)57-53)33-12-7-13-34(22-33)38-17-21-50-42(26-38)46-30-52-44(28-54(46)58-50)40-24-36(15-19-48(40)56-52)32-10-5-2-6-11-32;1-3-7-31(8-4-1)35-15-19-47-39(23-35)43-27-53-45(29-51(43)55-47)41-25-37(17-21-49(41)57-53)33-11-13-34(14-12-33)38-18-22-50-42(26-38)46-30-52-44(28-54(46)58-50)40-24-36(16-20-48(40)56-52)32-9-5-2-6-10-32/h2*1-30H. The zero-order valence-corrected chi connectivity index (χ0v) is 61.9. The van der Waals surface area contributed by atoms with Crippen LogP contribution in [0.1, 0.15) is 0 Å². The first-order valence-corrected chi connectivity index (χ1v) is 39.1. The second kappa shape index (κ2) is 24.9. The second-order valence-electron chi connectivity index (χ2n) is 30.5. The van der Waals surface area contributed by atoms with Crippen LogP contribution in [0.3, 0.4) is 0 Å². The van der Waals surface area contributed by atoms with E-state index in [0.29, 0.717) is 0 Å².